The lowest BCUT2D eigenvalue weighted by molar-refractivity contribution is 0.273. The van der Waals surface area contributed by atoms with E-state index in [0.29, 0.717) is 22.0 Å². The molecule has 2 N–H and O–H groups in total. The normalized spacial score (nSPS) is 11.0. The summed E-state index contributed by atoms with van der Waals surface area (Å²) in [6, 6.07) is 0. The largest absolute Gasteiger partial charge is 0.388 e. The number of nitrogens with zero attached hydrogens (tertiary/aromatic N) is 2. The van der Waals surface area contributed by atoms with Crippen LogP contribution in [-0.4, -0.2) is 20.1 Å². The molecule has 0 unspecified atom stereocenters. The van der Waals surface area contributed by atoms with Gasteiger partial charge in [-0.25, -0.2) is 9.97 Å². The van der Waals surface area contributed by atoms with Gasteiger partial charge >= 0.3 is 0 Å². The monoisotopic (exact) mass is 197 g/mol. The molecule has 4 nitrogen and oxygen atoms in total. The summed E-state index contributed by atoms with van der Waals surface area (Å²) in [6.45, 7) is 1.74. The van der Waals surface area contributed by atoms with Gasteiger partial charge in [0.1, 0.15) is 17.9 Å². The van der Waals surface area contributed by atoms with Crippen molar-refractivity contribution in [1.82, 2.24) is 15.0 Å². The maximum atomic E-state index is 8.83. The first-order valence-corrected chi connectivity index (χ1v) is 4.20. The number of imidazole rings is 1. The molecule has 0 atom stereocenters. The number of H-pyrrole nitrogens is 1. The first-order valence-electron chi connectivity index (χ1n) is 3.83. The average Bonchev–Trinajstić information content (AvgIpc) is 2.55. The van der Waals surface area contributed by atoms with E-state index in [1.807, 2.05) is 6.92 Å². The molecule has 0 spiro atoms. The number of nitrogens with one attached hydrogen (secondary N) is 1. The van der Waals surface area contributed by atoms with Gasteiger partial charge < -0.3 is 10.1 Å². The van der Waals surface area contributed by atoms with Crippen molar-refractivity contribution in [3.63, 3.8) is 0 Å². The Bertz CT molecular complexity index is 452. The summed E-state index contributed by atoms with van der Waals surface area (Å²) >= 11 is 6.00. The Morgan fingerprint density at radius 2 is 2.38 bits per heavy atom. The number of fused-ring (bicyclic) bond motifs is 1. The molecular formula is C8H8ClN3O. The molecule has 2 rings (SSSR count). The molecule has 2 aromatic rings. The maximum absolute atomic E-state index is 8.83. The van der Waals surface area contributed by atoms with Crippen molar-refractivity contribution >= 4 is 22.8 Å². The molecule has 0 aromatic carbocycles. The van der Waals surface area contributed by atoms with E-state index in [0.717, 1.165) is 5.56 Å². The first-order chi connectivity index (χ1) is 6.22. The van der Waals surface area contributed by atoms with Crippen LogP contribution in [0.1, 0.15) is 11.4 Å². The van der Waals surface area contributed by atoms with E-state index >= 15 is 0 Å². The minimum atomic E-state index is -0.133. The number of hydrogen-bond donors (Lipinski definition) is 2. The molecule has 5 heteroatoms. The third-order valence-electron chi connectivity index (χ3n) is 1.83. The van der Waals surface area contributed by atoms with E-state index in [-0.39, 0.29) is 6.61 Å². The van der Waals surface area contributed by atoms with Gasteiger partial charge in [-0.05, 0) is 12.5 Å². The van der Waals surface area contributed by atoms with E-state index in [9.17, 15) is 0 Å². The van der Waals surface area contributed by atoms with E-state index < -0.39 is 0 Å². The maximum Gasteiger partial charge on any atom is 0.179 e. The topological polar surface area (TPSA) is 61.8 Å². The fourth-order valence-corrected chi connectivity index (χ4v) is 1.33. The summed E-state index contributed by atoms with van der Waals surface area (Å²) in [4.78, 5) is 11.0. The highest BCUT2D eigenvalue weighted by atomic mass is 35.5. The lowest BCUT2D eigenvalue weighted by atomic mass is 10.3. The van der Waals surface area contributed by atoms with Crippen molar-refractivity contribution in [2.24, 2.45) is 0 Å². The lowest BCUT2D eigenvalue weighted by Crippen LogP contribution is -1.83. The van der Waals surface area contributed by atoms with Crippen LogP contribution in [-0.2, 0) is 6.61 Å². The highest BCUT2D eigenvalue weighted by Gasteiger charge is 2.08. The number of pyridine rings is 1. The molecule has 0 radical (unpaired) electrons. The Hall–Kier alpha value is -1.13. The van der Waals surface area contributed by atoms with Gasteiger partial charge in [-0.2, -0.15) is 0 Å². The van der Waals surface area contributed by atoms with Crippen LogP contribution < -0.4 is 0 Å². The van der Waals surface area contributed by atoms with E-state index in [1.54, 1.807) is 6.20 Å². The molecule has 2 aromatic heterocycles. The van der Waals surface area contributed by atoms with E-state index in [4.69, 9.17) is 16.7 Å². The van der Waals surface area contributed by atoms with Gasteiger partial charge in [0.05, 0.1) is 5.02 Å². The second kappa shape index (κ2) is 2.97. The molecule has 0 aliphatic heterocycles. The van der Waals surface area contributed by atoms with Crippen LogP contribution in [0.5, 0.6) is 0 Å². The van der Waals surface area contributed by atoms with Crippen LogP contribution in [0.15, 0.2) is 6.20 Å². The minimum absolute atomic E-state index is 0.133. The third kappa shape index (κ3) is 1.28. The fraction of sp³-hybridized carbons (Fsp3) is 0.250. The zero-order valence-corrected chi connectivity index (χ0v) is 7.76. The van der Waals surface area contributed by atoms with Crippen LogP contribution in [0.2, 0.25) is 5.02 Å². The molecule has 0 saturated heterocycles. The van der Waals surface area contributed by atoms with Gasteiger partial charge in [0.2, 0.25) is 0 Å². The van der Waals surface area contributed by atoms with Crippen molar-refractivity contribution < 1.29 is 5.11 Å². The fourth-order valence-electron chi connectivity index (χ4n) is 1.15. The predicted molar refractivity (Wildman–Crippen MR) is 49.6 cm³/mol. The number of aliphatic hydroxyl groups is 1. The SMILES string of the molecule is Cc1cnc2nc(CO)[nH]c2c1Cl. The number of rotatable bonds is 1. The molecule has 2 heterocycles. The highest BCUT2D eigenvalue weighted by Crippen LogP contribution is 2.22. The van der Waals surface area contributed by atoms with Crippen LogP contribution in [0.3, 0.4) is 0 Å². The van der Waals surface area contributed by atoms with Crippen LogP contribution in [0, 0.1) is 6.92 Å². The van der Waals surface area contributed by atoms with Gasteiger partial charge in [0.15, 0.2) is 5.65 Å². The number of aromatic nitrogens is 3. The van der Waals surface area contributed by atoms with Gasteiger partial charge in [-0.1, -0.05) is 11.6 Å². The van der Waals surface area contributed by atoms with Crippen molar-refractivity contribution in [3.05, 3.63) is 22.6 Å². The summed E-state index contributed by atoms with van der Waals surface area (Å²) in [6.07, 6.45) is 1.66. The van der Waals surface area contributed by atoms with E-state index in [2.05, 4.69) is 15.0 Å². The molecule has 0 saturated carbocycles. The average molecular weight is 198 g/mol. The zero-order chi connectivity index (χ0) is 9.42. The molecular weight excluding hydrogens is 190 g/mol. The molecule has 0 bridgehead atoms. The molecule has 0 aliphatic carbocycles. The summed E-state index contributed by atoms with van der Waals surface area (Å²) in [5.41, 5.74) is 2.12. The van der Waals surface area contributed by atoms with E-state index in [1.165, 1.54) is 0 Å². The predicted octanol–water partition coefficient (Wildman–Crippen LogP) is 1.41. The van der Waals surface area contributed by atoms with Gasteiger partial charge in [-0.15, -0.1) is 0 Å². The molecule has 0 aliphatic rings. The summed E-state index contributed by atoms with van der Waals surface area (Å²) in [5, 5.41) is 9.44. The zero-order valence-electron chi connectivity index (χ0n) is 7.00. The standard InChI is InChI=1S/C8H8ClN3O/c1-4-2-10-8-7(6(4)9)11-5(3-13)12-8/h2,13H,3H2,1H3,(H,10,11,12). The van der Waals surface area contributed by atoms with Crippen molar-refractivity contribution in [3.8, 4) is 0 Å². The Morgan fingerprint density at radius 1 is 1.62 bits per heavy atom. The van der Waals surface area contributed by atoms with Crippen molar-refractivity contribution in [1.29, 1.82) is 0 Å². The van der Waals surface area contributed by atoms with Crippen LogP contribution >= 0.6 is 11.6 Å². The van der Waals surface area contributed by atoms with Crippen molar-refractivity contribution in [2.45, 2.75) is 13.5 Å². The highest BCUT2D eigenvalue weighted by molar-refractivity contribution is 6.35. The van der Waals surface area contributed by atoms with Crippen LogP contribution in [0.25, 0.3) is 11.2 Å². The molecule has 13 heavy (non-hydrogen) atoms. The van der Waals surface area contributed by atoms with Crippen LogP contribution in [0.4, 0.5) is 0 Å². The summed E-state index contributed by atoms with van der Waals surface area (Å²) < 4.78 is 0. The molecule has 0 amide bonds. The van der Waals surface area contributed by atoms with Gasteiger partial charge in [0.25, 0.3) is 0 Å². The van der Waals surface area contributed by atoms with Gasteiger partial charge in [0, 0.05) is 6.20 Å². The Balaban J connectivity index is 2.76. The first kappa shape index (κ1) is 8.47. The van der Waals surface area contributed by atoms with Gasteiger partial charge in [-0.3, -0.25) is 0 Å². The number of aryl methyl sites for hydroxylation is 1. The Morgan fingerprint density at radius 3 is 3.08 bits per heavy atom. The minimum Gasteiger partial charge on any atom is -0.388 e. The summed E-state index contributed by atoms with van der Waals surface area (Å²) in [5.74, 6) is 0.481. The number of hydrogen-bond acceptors (Lipinski definition) is 3. The Kier molecular flexibility index (Phi) is 1.94. The van der Waals surface area contributed by atoms with Crippen molar-refractivity contribution in [2.75, 3.05) is 0 Å². The molecule has 0 fully saturated rings. The summed E-state index contributed by atoms with van der Waals surface area (Å²) in [7, 11) is 0. The smallest absolute Gasteiger partial charge is 0.179 e. The Labute approximate surface area is 79.6 Å². The quantitative estimate of drug-likeness (QED) is 0.727. The number of halogens is 1. The lowest BCUT2D eigenvalue weighted by Gasteiger charge is -1.95. The number of aromatic amines is 1. The number of aliphatic hydroxyl groups excluding tert-OH is 1. The second-order valence-electron chi connectivity index (χ2n) is 2.80. The molecule has 68 valence electrons. The second-order valence-corrected chi connectivity index (χ2v) is 3.17. The third-order valence-corrected chi connectivity index (χ3v) is 2.32.